The molecule has 0 rings (SSSR count). The Morgan fingerprint density at radius 3 is 2.62 bits per heavy atom. The molecule has 0 spiro atoms. The molecule has 0 aliphatic carbocycles. The average molecular weight is 137 g/mol. The van der Waals surface area contributed by atoms with E-state index in [0.717, 1.165) is 0 Å². The lowest BCUT2D eigenvalue weighted by molar-refractivity contribution is -0.135. The fourth-order valence-corrected chi connectivity index (χ4v) is 0.337. The summed E-state index contributed by atoms with van der Waals surface area (Å²) >= 11 is 0. The molecule has 0 saturated heterocycles. The Kier molecular flexibility index (Phi) is 3.69. The lowest BCUT2D eigenvalue weighted by Gasteiger charge is -2.02. The van der Waals surface area contributed by atoms with Crippen molar-refractivity contribution in [2.45, 2.75) is 6.04 Å². The Morgan fingerprint density at radius 2 is 2.50 bits per heavy atom. The highest BCUT2D eigenvalue weighted by molar-refractivity contribution is 7.10. The highest BCUT2D eigenvalue weighted by atomic mass is 31.0. The van der Waals surface area contributed by atoms with Crippen LogP contribution in [0.15, 0.2) is 0 Å². The predicted octanol–water partition coefficient (Wildman–Crippen LogP) is -1.36. The molecule has 0 amide bonds. The number of rotatable bonds is 2. The van der Waals surface area contributed by atoms with Crippen LogP contribution in [-0.2, 0) is 9.32 Å². The first-order chi connectivity index (χ1) is 3.72. The molecule has 0 aliphatic rings. The van der Waals surface area contributed by atoms with E-state index in [1.54, 1.807) is 9.47 Å². The van der Waals surface area contributed by atoms with E-state index in [1.807, 2.05) is 0 Å². The molecule has 2 atom stereocenters. The molecular formula is C3H8NO3P. The summed E-state index contributed by atoms with van der Waals surface area (Å²) < 4.78 is 4.10. The van der Waals surface area contributed by atoms with Crippen molar-refractivity contribution in [2.75, 3.05) is 6.61 Å². The fourth-order valence-electron chi connectivity index (χ4n) is 0.162. The molecule has 0 saturated carbocycles. The Labute approximate surface area is 49.3 Å². The second-order valence-corrected chi connectivity index (χ2v) is 1.46. The first kappa shape index (κ1) is 7.82. The molecule has 0 fully saturated rings. The molecule has 2 unspecified atom stereocenters. The van der Waals surface area contributed by atoms with Crippen LogP contribution in [0, 0.1) is 0 Å². The van der Waals surface area contributed by atoms with E-state index in [1.165, 1.54) is 0 Å². The SMILES string of the molecule is NC(CO)C(=O)OP. The number of aliphatic hydroxyl groups excluding tert-OH is 1. The van der Waals surface area contributed by atoms with Crippen LogP contribution in [0.5, 0.6) is 0 Å². The minimum absolute atomic E-state index is 0.382. The topological polar surface area (TPSA) is 72.5 Å². The molecule has 0 aromatic carbocycles. The van der Waals surface area contributed by atoms with Gasteiger partial charge in [0, 0.05) is 0 Å². The number of carbonyl (C=O) groups is 1. The second kappa shape index (κ2) is 3.78. The van der Waals surface area contributed by atoms with Crippen molar-refractivity contribution in [2.24, 2.45) is 5.73 Å². The Morgan fingerprint density at radius 1 is 2.00 bits per heavy atom. The van der Waals surface area contributed by atoms with Gasteiger partial charge in [0.05, 0.1) is 16.1 Å². The third-order valence-corrected chi connectivity index (χ3v) is 0.848. The van der Waals surface area contributed by atoms with Crippen LogP contribution < -0.4 is 5.73 Å². The largest absolute Gasteiger partial charge is 0.450 e. The Bertz CT molecular complexity index is 86.6. The van der Waals surface area contributed by atoms with E-state index < -0.39 is 12.0 Å². The van der Waals surface area contributed by atoms with Crippen molar-refractivity contribution in [3.63, 3.8) is 0 Å². The standard InChI is InChI=1S/C3H8NO3P/c4-2(1-5)3(6)7-8/h2,5H,1,4,8H2. The normalized spacial score (nSPS) is 12.9. The molecule has 0 aromatic heterocycles. The summed E-state index contributed by atoms with van der Waals surface area (Å²) in [6.45, 7) is -0.382. The van der Waals surface area contributed by atoms with Gasteiger partial charge in [0.15, 0.2) is 0 Å². The van der Waals surface area contributed by atoms with Crippen LogP contribution in [-0.4, -0.2) is 23.7 Å². The monoisotopic (exact) mass is 137 g/mol. The van der Waals surface area contributed by atoms with E-state index >= 15 is 0 Å². The minimum atomic E-state index is -0.910. The average Bonchev–Trinajstić information content (AvgIpc) is 1.84. The van der Waals surface area contributed by atoms with Gasteiger partial charge < -0.3 is 15.4 Å². The van der Waals surface area contributed by atoms with Crippen molar-refractivity contribution >= 4 is 15.4 Å². The smallest absolute Gasteiger partial charge is 0.327 e. The Balaban J connectivity index is 3.46. The van der Waals surface area contributed by atoms with Crippen LogP contribution in [0.25, 0.3) is 0 Å². The maximum Gasteiger partial charge on any atom is 0.327 e. The van der Waals surface area contributed by atoms with Gasteiger partial charge in [-0.3, -0.25) is 4.79 Å². The molecule has 48 valence electrons. The van der Waals surface area contributed by atoms with E-state index in [2.05, 4.69) is 4.52 Å². The van der Waals surface area contributed by atoms with Gasteiger partial charge in [-0.05, 0) is 0 Å². The molecule has 0 bridgehead atoms. The molecule has 3 N–H and O–H groups in total. The zero-order chi connectivity index (χ0) is 6.57. The summed E-state index contributed by atoms with van der Waals surface area (Å²) in [6, 6.07) is -0.910. The number of hydrogen-bond acceptors (Lipinski definition) is 4. The summed E-state index contributed by atoms with van der Waals surface area (Å²) in [5.74, 6) is -0.627. The van der Waals surface area contributed by atoms with Crippen molar-refractivity contribution in [3.8, 4) is 0 Å². The first-order valence-electron chi connectivity index (χ1n) is 1.99. The third-order valence-electron chi connectivity index (χ3n) is 0.616. The molecule has 0 aliphatic heterocycles. The quantitative estimate of drug-likeness (QED) is 0.461. The van der Waals surface area contributed by atoms with Gasteiger partial charge in [-0.2, -0.15) is 0 Å². The molecule has 0 aromatic rings. The summed E-state index contributed by atoms with van der Waals surface area (Å²) in [5, 5.41) is 8.20. The van der Waals surface area contributed by atoms with Gasteiger partial charge in [-0.25, -0.2) is 0 Å². The van der Waals surface area contributed by atoms with Crippen molar-refractivity contribution in [1.82, 2.24) is 0 Å². The van der Waals surface area contributed by atoms with Crippen molar-refractivity contribution in [1.29, 1.82) is 0 Å². The van der Waals surface area contributed by atoms with Gasteiger partial charge in [-0.1, -0.05) is 0 Å². The van der Waals surface area contributed by atoms with Crippen LogP contribution >= 0.6 is 9.47 Å². The molecule has 0 radical (unpaired) electrons. The van der Waals surface area contributed by atoms with Gasteiger partial charge in [-0.15, -0.1) is 0 Å². The molecule has 4 nitrogen and oxygen atoms in total. The highest BCUT2D eigenvalue weighted by Gasteiger charge is 2.10. The predicted molar refractivity (Wildman–Crippen MR) is 30.9 cm³/mol. The number of aliphatic hydroxyl groups is 1. The number of hydrogen-bond donors (Lipinski definition) is 2. The molecular weight excluding hydrogens is 129 g/mol. The Hall–Kier alpha value is -0.180. The summed E-state index contributed by atoms with van der Waals surface area (Å²) in [6.07, 6.45) is 0. The summed E-state index contributed by atoms with van der Waals surface area (Å²) in [7, 11) is 1.75. The molecule has 8 heavy (non-hydrogen) atoms. The summed E-state index contributed by atoms with van der Waals surface area (Å²) in [4.78, 5) is 10.2. The van der Waals surface area contributed by atoms with Crippen LogP contribution in [0.1, 0.15) is 0 Å². The zero-order valence-corrected chi connectivity index (χ0v) is 5.36. The van der Waals surface area contributed by atoms with Crippen LogP contribution in [0.4, 0.5) is 0 Å². The van der Waals surface area contributed by atoms with E-state index in [4.69, 9.17) is 10.8 Å². The fraction of sp³-hybridized carbons (Fsp3) is 0.667. The number of nitrogens with two attached hydrogens (primary N) is 1. The van der Waals surface area contributed by atoms with Crippen molar-refractivity contribution in [3.05, 3.63) is 0 Å². The van der Waals surface area contributed by atoms with Crippen LogP contribution in [0.2, 0.25) is 0 Å². The van der Waals surface area contributed by atoms with Gasteiger partial charge in [0.2, 0.25) is 0 Å². The van der Waals surface area contributed by atoms with E-state index in [-0.39, 0.29) is 6.61 Å². The van der Waals surface area contributed by atoms with Gasteiger partial charge in [0.25, 0.3) is 0 Å². The number of carbonyl (C=O) groups excluding carboxylic acids is 1. The second-order valence-electron chi connectivity index (χ2n) is 1.23. The zero-order valence-electron chi connectivity index (χ0n) is 4.20. The van der Waals surface area contributed by atoms with Crippen LogP contribution in [0.3, 0.4) is 0 Å². The lowest BCUT2D eigenvalue weighted by atomic mass is 10.3. The molecule has 0 heterocycles. The maximum atomic E-state index is 10.2. The van der Waals surface area contributed by atoms with Gasteiger partial charge in [0.1, 0.15) is 6.04 Å². The van der Waals surface area contributed by atoms with Gasteiger partial charge >= 0.3 is 5.97 Å². The van der Waals surface area contributed by atoms with Crippen molar-refractivity contribution < 1.29 is 14.4 Å². The third kappa shape index (κ3) is 2.21. The lowest BCUT2D eigenvalue weighted by Crippen LogP contribution is -2.33. The minimum Gasteiger partial charge on any atom is -0.450 e. The maximum absolute atomic E-state index is 10.2. The highest BCUT2D eigenvalue weighted by Crippen LogP contribution is 1.89. The summed E-state index contributed by atoms with van der Waals surface area (Å²) in [5.41, 5.74) is 4.99. The molecule has 5 heteroatoms. The van der Waals surface area contributed by atoms with E-state index in [9.17, 15) is 4.79 Å². The first-order valence-corrected chi connectivity index (χ1v) is 2.46. The van der Waals surface area contributed by atoms with E-state index in [0.29, 0.717) is 0 Å².